The van der Waals surface area contributed by atoms with Gasteiger partial charge in [0.2, 0.25) is 0 Å². The van der Waals surface area contributed by atoms with Gasteiger partial charge in [0.25, 0.3) is 11.8 Å². The van der Waals surface area contributed by atoms with E-state index in [1.54, 1.807) is 12.1 Å². The quantitative estimate of drug-likeness (QED) is 0.598. The molecule has 5 heteroatoms. The van der Waals surface area contributed by atoms with Gasteiger partial charge in [0.1, 0.15) is 11.4 Å². The number of ether oxygens (including phenoxy) is 1. The first-order chi connectivity index (χ1) is 14.9. The molecular weight excluding hydrogens is 388 g/mol. The third-order valence-electron chi connectivity index (χ3n) is 5.50. The summed E-state index contributed by atoms with van der Waals surface area (Å²) < 4.78 is 5.45. The minimum Gasteiger partial charge on any atom is -0.495 e. The molecule has 0 aliphatic carbocycles. The van der Waals surface area contributed by atoms with Crippen LogP contribution in [0.3, 0.4) is 0 Å². The zero-order chi connectivity index (χ0) is 22.1. The zero-order valence-corrected chi connectivity index (χ0v) is 18.0. The number of aryl methyl sites for hydroxylation is 3. The lowest BCUT2D eigenvalue weighted by molar-refractivity contribution is -0.120. The van der Waals surface area contributed by atoms with Crippen LogP contribution in [0.15, 0.2) is 72.4 Å². The number of hydrogen-bond acceptors (Lipinski definition) is 4. The minimum absolute atomic E-state index is 0.253. The highest BCUT2D eigenvalue weighted by molar-refractivity contribution is 6.46. The van der Waals surface area contributed by atoms with E-state index in [2.05, 4.69) is 5.32 Å². The molecule has 31 heavy (non-hydrogen) atoms. The van der Waals surface area contributed by atoms with Crippen LogP contribution < -0.4 is 15.0 Å². The zero-order valence-electron chi connectivity index (χ0n) is 18.0. The average Bonchev–Trinajstić information content (AvgIpc) is 3.00. The molecule has 5 nitrogen and oxygen atoms in total. The van der Waals surface area contributed by atoms with Crippen LogP contribution in [0, 0.1) is 20.8 Å². The Hall–Kier alpha value is -3.86. The van der Waals surface area contributed by atoms with Crippen LogP contribution in [0.2, 0.25) is 0 Å². The first-order valence-electron chi connectivity index (χ1n) is 10.1. The van der Waals surface area contributed by atoms with Crippen LogP contribution in [0.25, 0.3) is 5.57 Å². The van der Waals surface area contributed by atoms with Gasteiger partial charge in [-0.15, -0.1) is 0 Å². The van der Waals surface area contributed by atoms with E-state index >= 15 is 0 Å². The van der Waals surface area contributed by atoms with Crippen LogP contribution in [0.5, 0.6) is 5.75 Å². The summed E-state index contributed by atoms with van der Waals surface area (Å²) in [6.45, 7) is 5.95. The van der Waals surface area contributed by atoms with Gasteiger partial charge in [-0.1, -0.05) is 42.5 Å². The number of imide groups is 1. The number of nitrogens with one attached hydrogen (secondary N) is 1. The Kier molecular flexibility index (Phi) is 5.34. The van der Waals surface area contributed by atoms with Crippen molar-refractivity contribution in [1.29, 1.82) is 0 Å². The molecule has 0 spiro atoms. The maximum atomic E-state index is 13.6. The van der Waals surface area contributed by atoms with Crippen LogP contribution in [0.4, 0.5) is 11.4 Å². The Bertz CT molecular complexity index is 1210. The number of benzene rings is 3. The molecule has 3 aromatic carbocycles. The number of methoxy groups -OCH3 is 1. The molecule has 3 aromatic rings. The molecule has 0 saturated carbocycles. The fourth-order valence-electron chi connectivity index (χ4n) is 3.68. The second-order valence-electron chi connectivity index (χ2n) is 7.66. The van der Waals surface area contributed by atoms with Gasteiger partial charge in [-0.3, -0.25) is 9.59 Å². The smallest absolute Gasteiger partial charge is 0.282 e. The SMILES string of the molecule is COc1ccc(C)cc1N1C(=O)C(Nc2ccc(C)c(C)c2)=C(c2ccccc2)C1=O. The molecule has 0 bridgehead atoms. The van der Waals surface area contributed by atoms with Crippen molar-refractivity contribution < 1.29 is 14.3 Å². The molecule has 0 radical (unpaired) electrons. The van der Waals surface area contributed by atoms with E-state index in [1.807, 2.05) is 75.4 Å². The van der Waals surface area contributed by atoms with Crippen molar-refractivity contribution in [2.24, 2.45) is 0 Å². The number of nitrogens with zero attached hydrogens (tertiary/aromatic N) is 1. The average molecular weight is 412 g/mol. The standard InChI is InChI=1S/C26H24N2O3/c1-16-10-13-22(31-4)21(14-16)28-25(29)23(19-8-6-5-7-9-19)24(26(28)30)27-20-12-11-17(2)18(3)15-20/h5-15,27H,1-4H3. The highest BCUT2D eigenvalue weighted by atomic mass is 16.5. The molecule has 2 amide bonds. The summed E-state index contributed by atoms with van der Waals surface area (Å²) in [6, 6.07) is 20.5. The van der Waals surface area contributed by atoms with Gasteiger partial charge in [0.15, 0.2) is 0 Å². The first kappa shape index (κ1) is 20.4. The molecule has 1 aliphatic rings. The third kappa shape index (κ3) is 3.70. The highest BCUT2D eigenvalue weighted by Crippen LogP contribution is 2.38. The second-order valence-corrected chi connectivity index (χ2v) is 7.66. The Morgan fingerprint density at radius 1 is 0.806 bits per heavy atom. The van der Waals surface area contributed by atoms with Crippen molar-refractivity contribution >= 4 is 28.8 Å². The second kappa shape index (κ2) is 8.11. The molecule has 1 aliphatic heterocycles. The maximum absolute atomic E-state index is 13.6. The van der Waals surface area contributed by atoms with E-state index in [-0.39, 0.29) is 11.6 Å². The normalized spacial score (nSPS) is 13.7. The molecule has 0 unspecified atom stereocenters. The summed E-state index contributed by atoms with van der Waals surface area (Å²) in [5, 5.41) is 3.22. The molecule has 0 atom stereocenters. The number of anilines is 2. The number of amides is 2. The van der Waals surface area contributed by atoms with Crippen molar-refractivity contribution in [3.63, 3.8) is 0 Å². The van der Waals surface area contributed by atoms with Crippen LogP contribution in [-0.2, 0) is 9.59 Å². The Balaban J connectivity index is 1.85. The number of carbonyl (C=O) groups is 2. The molecular formula is C26H24N2O3. The summed E-state index contributed by atoms with van der Waals surface area (Å²) in [7, 11) is 1.53. The molecule has 1 heterocycles. The third-order valence-corrected chi connectivity index (χ3v) is 5.50. The predicted molar refractivity (Wildman–Crippen MR) is 123 cm³/mol. The van der Waals surface area contributed by atoms with Crippen molar-refractivity contribution in [2.45, 2.75) is 20.8 Å². The van der Waals surface area contributed by atoms with Gasteiger partial charge in [0.05, 0.1) is 18.4 Å². The van der Waals surface area contributed by atoms with E-state index < -0.39 is 5.91 Å². The van der Waals surface area contributed by atoms with Gasteiger partial charge in [0, 0.05) is 5.69 Å². The van der Waals surface area contributed by atoms with E-state index in [4.69, 9.17) is 4.74 Å². The molecule has 4 rings (SSSR count). The fourth-order valence-corrected chi connectivity index (χ4v) is 3.68. The largest absolute Gasteiger partial charge is 0.495 e. The van der Waals surface area contributed by atoms with Crippen LogP contribution >= 0.6 is 0 Å². The molecule has 0 fully saturated rings. The molecule has 1 N–H and O–H groups in total. The van der Waals surface area contributed by atoms with Crippen LogP contribution in [-0.4, -0.2) is 18.9 Å². The van der Waals surface area contributed by atoms with Crippen molar-refractivity contribution in [3.8, 4) is 5.75 Å². The summed E-state index contributed by atoms with van der Waals surface area (Å²) in [5.41, 5.74) is 5.64. The van der Waals surface area contributed by atoms with E-state index in [9.17, 15) is 9.59 Å². The Morgan fingerprint density at radius 2 is 1.55 bits per heavy atom. The molecule has 156 valence electrons. The minimum atomic E-state index is -0.411. The summed E-state index contributed by atoms with van der Waals surface area (Å²) >= 11 is 0. The van der Waals surface area contributed by atoms with Crippen molar-refractivity contribution in [1.82, 2.24) is 0 Å². The van der Waals surface area contributed by atoms with Crippen LogP contribution in [0.1, 0.15) is 22.3 Å². The molecule has 0 saturated heterocycles. The van der Waals surface area contributed by atoms with E-state index in [0.717, 1.165) is 22.4 Å². The summed E-state index contributed by atoms with van der Waals surface area (Å²) in [5.74, 6) is -0.329. The summed E-state index contributed by atoms with van der Waals surface area (Å²) in [6.07, 6.45) is 0. The monoisotopic (exact) mass is 412 g/mol. The van der Waals surface area contributed by atoms with E-state index in [0.29, 0.717) is 22.6 Å². The Labute approximate surface area is 182 Å². The lowest BCUT2D eigenvalue weighted by atomic mass is 10.0. The lowest BCUT2D eigenvalue weighted by Crippen LogP contribution is -2.32. The lowest BCUT2D eigenvalue weighted by Gasteiger charge is -2.19. The summed E-state index contributed by atoms with van der Waals surface area (Å²) in [4.78, 5) is 28.3. The highest BCUT2D eigenvalue weighted by Gasteiger charge is 2.41. The van der Waals surface area contributed by atoms with Crippen molar-refractivity contribution in [2.75, 3.05) is 17.3 Å². The van der Waals surface area contributed by atoms with Crippen molar-refractivity contribution in [3.05, 3.63) is 94.7 Å². The van der Waals surface area contributed by atoms with Gasteiger partial charge < -0.3 is 10.1 Å². The number of rotatable bonds is 5. The number of hydrogen-bond donors (Lipinski definition) is 1. The maximum Gasteiger partial charge on any atom is 0.282 e. The van der Waals surface area contributed by atoms with E-state index in [1.165, 1.54) is 12.0 Å². The number of carbonyl (C=O) groups excluding carboxylic acids is 2. The fraction of sp³-hybridized carbons (Fsp3) is 0.154. The van der Waals surface area contributed by atoms with Gasteiger partial charge >= 0.3 is 0 Å². The van der Waals surface area contributed by atoms with Gasteiger partial charge in [-0.2, -0.15) is 0 Å². The predicted octanol–water partition coefficient (Wildman–Crippen LogP) is 5.02. The molecule has 0 aromatic heterocycles. The Morgan fingerprint density at radius 3 is 2.23 bits per heavy atom. The van der Waals surface area contributed by atoms with Gasteiger partial charge in [-0.05, 0) is 67.3 Å². The topological polar surface area (TPSA) is 58.6 Å². The van der Waals surface area contributed by atoms with Gasteiger partial charge in [-0.25, -0.2) is 4.90 Å². The first-order valence-corrected chi connectivity index (χ1v) is 10.1.